The van der Waals surface area contributed by atoms with Gasteiger partial charge in [-0.3, -0.25) is 0 Å². The molecule has 5 heteroatoms. The van der Waals surface area contributed by atoms with Crippen LogP contribution in [-0.2, 0) is 6.54 Å². The molecule has 0 aliphatic carbocycles. The van der Waals surface area contributed by atoms with E-state index in [-0.39, 0.29) is 0 Å². The molecule has 0 amide bonds. The van der Waals surface area contributed by atoms with Crippen molar-refractivity contribution < 1.29 is 4.74 Å². The summed E-state index contributed by atoms with van der Waals surface area (Å²) in [7, 11) is 1.60. The molecular weight excluding hydrogens is 349 g/mol. The maximum atomic E-state index is 6.06. The van der Waals surface area contributed by atoms with E-state index in [1.807, 2.05) is 36.4 Å². The van der Waals surface area contributed by atoms with Crippen molar-refractivity contribution in [2.75, 3.05) is 12.4 Å². The lowest BCUT2D eigenvalue weighted by Gasteiger charge is -2.09. The fraction of sp³-hybridized carbons (Fsp3) is 0.143. The van der Waals surface area contributed by atoms with Crippen molar-refractivity contribution in [3.05, 3.63) is 56.5 Å². The number of rotatable bonds is 4. The number of hydrogen-bond acceptors (Lipinski definition) is 2. The summed E-state index contributed by atoms with van der Waals surface area (Å²) in [4.78, 5) is 0. The van der Waals surface area contributed by atoms with Crippen LogP contribution in [-0.4, -0.2) is 7.11 Å². The maximum Gasteiger partial charge on any atom is 0.137 e. The molecule has 2 nitrogen and oxygen atoms in total. The quantitative estimate of drug-likeness (QED) is 0.790. The Morgan fingerprint density at radius 2 is 1.89 bits per heavy atom. The number of nitrogens with one attached hydrogen (secondary N) is 1. The van der Waals surface area contributed by atoms with Gasteiger partial charge in [-0.25, -0.2) is 0 Å². The van der Waals surface area contributed by atoms with E-state index in [4.69, 9.17) is 27.9 Å². The summed E-state index contributed by atoms with van der Waals surface area (Å²) >= 11 is 15.5. The second kappa shape index (κ2) is 6.51. The van der Waals surface area contributed by atoms with Crippen LogP contribution in [0.3, 0.4) is 0 Å². The van der Waals surface area contributed by atoms with Crippen LogP contribution in [0.25, 0.3) is 0 Å². The van der Waals surface area contributed by atoms with Gasteiger partial charge in [0.05, 0.1) is 17.2 Å². The van der Waals surface area contributed by atoms with E-state index < -0.39 is 0 Å². The standard InChI is InChI=1S/C14H12BrCl2NO/c1-19-14-5-3-10(7-13(14)17)18-8-9-2-4-11(15)12(16)6-9/h2-7,18H,8H2,1H3. The molecule has 2 aromatic carbocycles. The van der Waals surface area contributed by atoms with E-state index >= 15 is 0 Å². The Balaban J connectivity index is 2.05. The first-order valence-corrected chi connectivity index (χ1v) is 7.16. The summed E-state index contributed by atoms with van der Waals surface area (Å²) in [5.74, 6) is 0.666. The van der Waals surface area contributed by atoms with Crippen molar-refractivity contribution in [1.82, 2.24) is 0 Å². The summed E-state index contributed by atoms with van der Waals surface area (Å²) < 4.78 is 6.00. The Kier molecular flexibility index (Phi) is 4.97. The molecule has 0 spiro atoms. The molecule has 2 aromatic rings. The number of halogens is 3. The van der Waals surface area contributed by atoms with Crippen molar-refractivity contribution in [2.24, 2.45) is 0 Å². The Morgan fingerprint density at radius 3 is 2.53 bits per heavy atom. The van der Waals surface area contributed by atoms with Crippen LogP contribution in [0.2, 0.25) is 10.0 Å². The van der Waals surface area contributed by atoms with E-state index in [1.54, 1.807) is 7.11 Å². The number of anilines is 1. The average Bonchev–Trinajstić information content (AvgIpc) is 2.40. The normalized spacial score (nSPS) is 10.3. The molecule has 0 saturated carbocycles. The Bertz CT molecular complexity index is 590. The molecule has 0 heterocycles. The van der Waals surface area contributed by atoms with Gasteiger partial charge in [0.1, 0.15) is 5.75 Å². The highest BCUT2D eigenvalue weighted by molar-refractivity contribution is 9.10. The summed E-state index contributed by atoms with van der Waals surface area (Å²) in [6, 6.07) is 11.4. The van der Waals surface area contributed by atoms with Gasteiger partial charge in [-0.05, 0) is 51.8 Å². The van der Waals surface area contributed by atoms with Gasteiger partial charge in [0.25, 0.3) is 0 Å². The van der Waals surface area contributed by atoms with Crippen LogP contribution in [0.1, 0.15) is 5.56 Å². The van der Waals surface area contributed by atoms with Gasteiger partial charge in [-0.1, -0.05) is 29.3 Å². The minimum absolute atomic E-state index is 0.585. The van der Waals surface area contributed by atoms with Crippen molar-refractivity contribution in [1.29, 1.82) is 0 Å². The van der Waals surface area contributed by atoms with E-state index in [1.165, 1.54) is 0 Å². The van der Waals surface area contributed by atoms with E-state index in [0.29, 0.717) is 22.3 Å². The molecule has 0 radical (unpaired) electrons. The predicted octanol–water partition coefficient (Wildman–Crippen LogP) is 5.38. The average molecular weight is 361 g/mol. The third-order valence-electron chi connectivity index (χ3n) is 2.63. The highest BCUT2D eigenvalue weighted by atomic mass is 79.9. The SMILES string of the molecule is COc1ccc(NCc2ccc(Br)c(Cl)c2)cc1Cl. The van der Waals surface area contributed by atoms with E-state index in [2.05, 4.69) is 21.2 Å². The van der Waals surface area contributed by atoms with Gasteiger partial charge in [-0.2, -0.15) is 0 Å². The molecule has 0 atom stereocenters. The van der Waals surface area contributed by atoms with Crippen molar-refractivity contribution in [2.45, 2.75) is 6.54 Å². The van der Waals surface area contributed by atoms with Gasteiger partial charge < -0.3 is 10.1 Å². The lowest BCUT2D eigenvalue weighted by Crippen LogP contribution is -1.99. The first-order valence-electron chi connectivity index (χ1n) is 5.61. The van der Waals surface area contributed by atoms with Crippen LogP contribution >= 0.6 is 39.1 Å². The van der Waals surface area contributed by atoms with Crippen LogP contribution < -0.4 is 10.1 Å². The van der Waals surface area contributed by atoms with Gasteiger partial charge in [0.2, 0.25) is 0 Å². The summed E-state index contributed by atoms with van der Waals surface area (Å²) in [6.07, 6.45) is 0. The molecule has 0 aliphatic heterocycles. The van der Waals surface area contributed by atoms with Crippen molar-refractivity contribution in [3.8, 4) is 5.75 Å². The molecule has 0 fully saturated rings. The molecule has 1 N–H and O–H groups in total. The highest BCUT2D eigenvalue weighted by Crippen LogP contribution is 2.28. The lowest BCUT2D eigenvalue weighted by atomic mass is 10.2. The number of ether oxygens (including phenoxy) is 1. The van der Waals surface area contributed by atoms with Gasteiger partial charge in [0, 0.05) is 16.7 Å². The molecule has 2 rings (SSSR count). The predicted molar refractivity (Wildman–Crippen MR) is 84.5 cm³/mol. The van der Waals surface area contributed by atoms with Crippen LogP contribution in [0, 0.1) is 0 Å². The van der Waals surface area contributed by atoms with Crippen molar-refractivity contribution >= 4 is 44.8 Å². The van der Waals surface area contributed by atoms with Gasteiger partial charge in [-0.15, -0.1) is 0 Å². The minimum Gasteiger partial charge on any atom is -0.495 e. The topological polar surface area (TPSA) is 21.3 Å². The third kappa shape index (κ3) is 3.78. The summed E-state index contributed by atoms with van der Waals surface area (Å²) in [5.41, 5.74) is 2.03. The highest BCUT2D eigenvalue weighted by Gasteiger charge is 2.03. The summed E-state index contributed by atoms with van der Waals surface area (Å²) in [5, 5.41) is 4.57. The molecule has 100 valence electrons. The summed E-state index contributed by atoms with van der Waals surface area (Å²) in [6.45, 7) is 0.676. The molecule has 0 unspecified atom stereocenters. The van der Waals surface area contributed by atoms with E-state index in [0.717, 1.165) is 15.7 Å². The van der Waals surface area contributed by atoms with Crippen LogP contribution in [0.15, 0.2) is 40.9 Å². The zero-order valence-electron chi connectivity index (χ0n) is 10.2. The van der Waals surface area contributed by atoms with Crippen molar-refractivity contribution in [3.63, 3.8) is 0 Å². The molecule has 19 heavy (non-hydrogen) atoms. The van der Waals surface area contributed by atoms with E-state index in [9.17, 15) is 0 Å². The fourth-order valence-corrected chi connectivity index (χ4v) is 2.34. The van der Waals surface area contributed by atoms with Gasteiger partial charge >= 0.3 is 0 Å². The number of benzene rings is 2. The second-order valence-corrected chi connectivity index (χ2v) is 5.62. The lowest BCUT2D eigenvalue weighted by molar-refractivity contribution is 0.415. The fourth-order valence-electron chi connectivity index (χ4n) is 1.63. The smallest absolute Gasteiger partial charge is 0.137 e. The Labute approximate surface area is 130 Å². The molecule has 0 aliphatic rings. The number of hydrogen-bond donors (Lipinski definition) is 1. The Morgan fingerprint density at radius 1 is 1.11 bits per heavy atom. The molecule has 0 bridgehead atoms. The van der Waals surface area contributed by atoms with Gasteiger partial charge in [0.15, 0.2) is 0 Å². The zero-order chi connectivity index (χ0) is 13.8. The largest absolute Gasteiger partial charge is 0.495 e. The van der Waals surface area contributed by atoms with Crippen LogP contribution in [0.4, 0.5) is 5.69 Å². The monoisotopic (exact) mass is 359 g/mol. The molecule has 0 aromatic heterocycles. The first-order chi connectivity index (χ1) is 9.10. The minimum atomic E-state index is 0.585. The van der Waals surface area contributed by atoms with Crippen LogP contribution in [0.5, 0.6) is 5.75 Å². The molecular formula is C14H12BrCl2NO. The zero-order valence-corrected chi connectivity index (χ0v) is 13.3. The Hall–Kier alpha value is -0.900. The number of methoxy groups -OCH3 is 1. The maximum absolute atomic E-state index is 6.06. The third-order valence-corrected chi connectivity index (χ3v) is 4.16. The molecule has 0 saturated heterocycles. The first kappa shape index (κ1) is 14.5. The second-order valence-electron chi connectivity index (χ2n) is 3.95.